The molecule has 1 aromatic carbocycles. The molecule has 2 heterocycles. The third-order valence-corrected chi connectivity index (χ3v) is 4.21. The molecule has 0 spiro atoms. The van der Waals surface area contributed by atoms with Gasteiger partial charge in [0.1, 0.15) is 6.04 Å². The van der Waals surface area contributed by atoms with E-state index in [0.29, 0.717) is 23.2 Å². The molecular weight excluding hydrogens is 302 g/mol. The molecule has 0 saturated carbocycles. The first-order chi connectivity index (χ1) is 10.7. The van der Waals surface area contributed by atoms with Crippen LogP contribution in [0.4, 0.5) is 0 Å². The van der Waals surface area contributed by atoms with E-state index < -0.39 is 0 Å². The van der Waals surface area contributed by atoms with Gasteiger partial charge in [0.15, 0.2) is 0 Å². The van der Waals surface area contributed by atoms with Gasteiger partial charge in [0.25, 0.3) is 0 Å². The second kappa shape index (κ2) is 6.48. The lowest BCUT2D eigenvalue weighted by molar-refractivity contribution is -0.135. The number of benzene rings is 1. The molecule has 0 unspecified atom stereocenters. The minimum Gasteiger partial charge on any atom is -0.337 e. The van der Waals surface area contributed by atoms with Crippen LogP contribution in [-0.4, -0.2) is 27.5 Å². The molecule has 116 valence electrons. The lowest BCUT2D eigenvalue weighted by Gasteiger charge is -2.33. The molecule has 5 nitrogen and oxygen atoms in total. The van der Waals surface area contributed by atoms with E-state index >= 15 is 0 Å². The van der Waals surface area contributed by atoms with E-state index in [1.165, 1.54) is 0 Å². The highest BCUT2D eigenvalue weighted by molar-refractivity contribution is 6.30. The van der Waals surface area contributed by atoms with Crippen LogP contribution in [0.5, 0.6) is 0 Å². The van der Waals surface area contributed by atoms with Crippen LogP contribution in [0.25, 0.3) is 11.4 Å². The van der Waals surface area contributed by atoms with Gasteiger partial charge in [0.05, 0.1) is 0 Å². The minimum absolute atomic E-state index is 0.102. The first-order valence-electron chi connectivity index (χ1n) is 7.58. The van der Waals surface area contributed by atoms with Crippen molar-refractivity contribution in [3.63, 3.8) is 0 Å². The van der Waals surface area contributed by atoms with Gasteiger partial charge in [-0.05, 0) is 43.5 Å². The molecule has 1 fully saturated rings. The first-order valence-corrected chi connectivity index (χ1v) is 7.96. The summed E-state index contributed by atoms with van der Waals surface area (Å²) in [6.45, 7) is 2.64. The van der Waals surface area contributed by atoms with Crippen LogP contribution in [0, 0.1) is 0 Å². The van der Waals surface area contributed by atoms with Crippen molar-refractivity contribution >= 4 is 17.5 Å². The van der Waals surface area contributed by atoms with E-state index in [0.717, 1.165) is 31.4 Å². The van der Waals surface area contributed by atoms with E-state index in [4.69, 9.17) is 16.1 Å². The van der Waals surface area contributed by atoms with Gasteiger partial charge < -0.3 is 9.42 Å². The second-order valence-electron chi connectivity index (χ2n) is 5.42. The zero-order valence-corrected chi connectivity index (χ0v) is 13.2. The number of aromatic nitrogens is 2. The molecule has 0 N–H and O–H groups in total. The van der Waals surface area contributed by atoms with Crippen molar-refractivity contribution in [3.05, 3.63) is 35.2 Å². The zero-order chi connectivity index (χ0) is 15.5. The van der Waals surface area contributed by atoms with E-state index in [-0.39, 0.29) is 11.9 Å². The summed E-state index contributed by atoms with van der Waals surface area (Å²) >= 11 is 5.89. The van der Waals surface area contributed by atoms with Crippen molar-refractivity contribution in [2.45, 2.75) is 38.6 Å². The van der Waals surface area contributed by atoms with Gasteiger partial charge in [-0.25, -0.2) is 0 Å². The Morgan fingerprint density at radius 3 is 2.86 bits per heavy atom. The molecule has 0 aliphatic carbocycles. The number of halogens is 1. The molecule has 1 aliphatic heterocycles. The van der Waals surface area contributed by atoms with Crippen molar-refractivity contribution in [2.24, 2.45) is 0 Å². The van der Waals surface area contributed by atoms with Crippen LogP contribution in [0.3, 0.4) is 0 Å². The average Bonchev–Trinajstić information content (AvgIpc) is 3.04. The lowest BCUT2D eigenvalue weighted by atomic mass is 10.0. The molecule has 0 bridgehead atoms. The van der Waals surface area contributed by atoms with E-state index in [9.17, 15) is 4.79 Å². The lowest BCUT2D eigenvalue weighted by Crippen LogP contribution is -2.38. The summed E-state index contributed by atoms with van der Waals surface area (Å²) in [5, 5.41) is 4.71. The Balaban J connectivity index is 1.85. The van der Waals surface area contributed by atoms with Gasteiger partial charge in [0.2, 0.25) is 17.6 Å². The summed E-state index contributed by atoms with van der Waals surface area (Å²) < 4.78 is 5.43. The number of hydrogen-bond donors (Lipinski definition) is 0. The van der Waals surface area contributed by atoms with Crippen molar-refractivity contribution < 1.29 is 9.32 Å². The molecule has 6 heteroatoms. The Bertz CT molecular complexity index is 654. The normalized spacial score (nSPS) is 18.5. The first kappa shape index (κ1) is 15.0. The fraction of sp³-hybridized carbons (Fsp3) is 0.438. The predicted molar refractivity (Wildman–Crippen MR) is 83.3 cm³/mol. The molecule has 1 atom stereocenters. The molecule has 3 rings (SSSR count). The minimum atomic E-state index is -0.102. The van der Waals surface area contributed by atoms with Crippen molar-refractivity contribution in [2.75, 3.05) is 6.54 Å². The molecule has 2 aromatic rings. The maximum Gasteiger partial charge on any atom is 0.249 e. The predicted octanol–water partition coefficient (Wildman–Crippen LogP) is 3.85. The smallest absolute Gasteiger partial charge is 0.249 e. The largest absolute Gasteiger partial charge is 0.337 e. The van der Waals surface area contributed by atoms with Crippen LogP contribution in [0.15, 0.2) is 28.8 Å². The molecule has 0 radical (unpaired) electrons. The maximum atomic E-state index is 12.1. The van der Waals surface area contributed by atoms with Gasteiger partial charge in [0, 0.05) is 23.6 Å². The summed E-state index contributed by atoms with van der Waals surface area (Å²) in [5.74, 6) is 1.18. The third kappa shape index (κ3) is 2.99. The second-order valence-corrected chi connectivity index (χ2v) is 5.85. The summed E-state index contributed by atoms with van der Waals surface area (Å²) in [4.78, 5) is 18.4. The Labute approximate surface area is 134 Å². The number of nitrogens with zero attached hydrogens (tertiary/aromatic N) is 3. The summed E-state index contributed by atoms with van der Waals surface area (Å²) in [6, 6.07) is 7.19. The number of carbonyl (C=O) groups is 1. The van der Waals surface area contributed by atoms with Crippen LogP contribution < -0.4 is 0 Å². The van der Waals surface area contributed by atoms with Crippen LogP contribution in [0.1, 0.15) is 44.5 Å². The number of piperidine rings is 1. The zero-order valence-electron chi connectivity index (χ0n) is 12.5. The fourth-order valence-electron chi connectivity index (χ4n) is 2.78. The highest BCUT2D eigenvalue weighted by Gasteiger charge is 2.31. The Kier molecular flexibility index (Phi) is 4.43. The van der Waals surface area contributed by atoms with Gasteiger partial charge in [-0.15, -0.1) is 0 Å². The standard InChI is InChI=1S/C16H18ClN3O2/c1-2-14(21)20-10-4-3-5-13(20)16-18-15(19-22-16)11-6-8-12(17)9-7-11/h6-9,13H,2-5,10H2,1H3/t13-/m1/s1. The number of rotatable bonds is 3. The third-order valence-electron chi connectivity index (χ3n) is 3.95. The molecule has 1 aliphatic rings. The number of likely N-dealkylation sites (tertiary alicyclic amines) is 1. The molecular formula is C16H18ClN3O2. The van der Waals surface area contributed by atoms with E-state index in [1.54, 1.807) is 12.1 Å². The number of carbonyl (C=O) groups excluding carboxylic acids is 1. The quantitative estimate of drug-likeness (QED) is 0.862. The monoisotopic (exact) mass is 319 g/mol. The molecule has 1 aromatic heterocycles. The summed E-state index contributed by atoms with van der Waals surface area (Å²) in [5.41, 5.74) is 0.851. The molecule has 1 amide bonds. The Morgan fingerprint density at radius 1 is 1.36 bits per heavy atom. The van der Waals surface area contributed by atoms with Crippen LogP contribution in [-0.2, 0) is 4.79 Å². The van der Waals surface area contributed by atoms with Crippen molar-refractivity contribution in [1.82, 2.24) is 15.0 Å². The Morgan fingerprint density at radius 2 is 2.14 bits per heavy atom. The highest BCUT2D eigenvalue weighted by atomic mass is 35.5. The fourth-order valence-corrected chi connectivity index (χ4v) is 2.90. The van der Waals surface area contributed by atoms with Gasteiger partial charge >= 0.3 is 0 Å². The maximum absolute atomic E-state index is 12.1. The number of amides is 1. The topological polar surface area (TPSA) is 59.2 Å². The van der Waals surface area contributed by atoms with Gasteiger partial charge in [-0.1, -0.05) is 23.7 Å². The molecule has 22 heavy (non-hydrogen) atoms. The van der Waals surface area contributed by atoms with E-state index in [2.05, 4.69) is 10.1 Å². The highest BCUT2D eigenvalue weighted by Crippen LogP contribution is 2.31. The average molecular weight is 320 g/mol. The van der Waals surface area contributed by atoms with Gasteiger partial charge in [-0.2, -0.15) is 4.98 Å². The molecule has 1 saturated heterocycles. The van der Waals surface area contributed by atoms with Crippen molar-refractivity contribution in [1.29, 1.82) is 0 Å². The van der Waals surface area contributed by atoms with Crippen LogP contribution >= 0.6 is 11.6 Å². The Hall–Kier alpha value is -1.88. The van der Waals surface area contributed by atoms with E-state index in [1.807, 2.05) is 24.0 Å². The van der Waals surface area contributed by atoms with Crippen LogP contribution in [0.2, 0.25) is 5.02 Å². The summed E-state index contributed by atoms with van der Waals surface area (Å²) in [7, 11) is 0. The number of hydrogen-bond acceptors (Lipinski definition) is 4. The SMILES string of the molecule is CCC(=O)N1CCCC[C@@H]1c1nc(-c2ccc(Cl)cc2)no1. The van der Waals surface area contributed by atoms with Crippen molar-refractivity contribution in [3.8, 4) is 11.4 Å². The summed E-state index contributed by atoms with van der Waals surface area (Å²) in [6.07, 6.45) is 3.46. The van der Waals surface area contributed by atoms with Gasteiger partial charge in [-0.3, -0.25) is 4.79 Å².